The molecule has 0 heterocycles. The van der Waals surface area contributed by atoms with Gasteiger partial charge >= 0.3 is 0 Å². The molecule has 0 aliphatic carbocycles. The molecule has 2 aromatic carbocycles. The first kappa shape index (κ1) is 26.2. The van der Waals surface area contributed by atoms with E-state index in [2.05, 4.69) is 122 Å². The molecule has 0 spiro atoms. The second kappa shape index (κ2) is 9.46. The van der Waals surface area contributed by atoms with Gasteiger partial charge in [0.05, 0.1) is 10.8 Å². The summed E-state index contributed by atoms with van der Waals surface area (Å²) >= 11 is 0. The van der Waals surface area contributed by atoms with Gasteiger partial charge in [-0.2, -0.15) is 0 Å². The van der Waals surface area contributed by atoms with Crippen LogP contribution in [0, 0.1) is 6.92 Å². The lowest BCUT2D eigenvalue weighted by atomic mass is 9.95. The van der Waals surface area contributed by atoms with E-state index in [9.17, 15) is 4.21 Å². The van der Waals surface area contributed by atoms with Crippen molar-refractivity contribution >= 4 is 24.2 Å². The van der Waals surface area contributed by atoms with Crippen LogP contribution in [0.5, 0.6) is 0 Å². The molecule has 31 heavy (non-hydrogen) atoms. The van der Waals surface area contributed by atoms with Crippen molar-refractivity contribution in [3.63, 3.8) is 0 Å². The zero-order chi connectivity index (χ0) is 23.8. The monoisotopic (exact) mass is 459 g/mol. The molecule has 2 atom stereocenters. The SMILES string of the molecule is Cc1ccccc1[C@@H](c1ccccc1P(C(C)(C)C)C(C)(C)C)N(C)[S@](=O)C(C)(C)C. The lowest BCUT2D eigenvalue weighted by Crippen LogP contribution is -2.40. The molecular formula is C27H42NOPS. The van der Waals surface area contributed by atoms with Crippen molar-refractivity contribution < 1.29 is 4.21 Å². The molecule has 0 saturated heterocycles. The number of rotatable bonds is 5. The van der Waals surface area contributed by atoms with Crippen LogP contribution in [0.1, 0.15) is 85.0 Å². The summed E-state index contributed by atoms with van der Waals surface area (Å²) in [4.78, 5) is 0. The number of hydrogen-bond donors (Lipinski definition) is 0. The maximum atomic E-state index is 13.6. The smallest absolute Gasteiger partial charge is 0.100 e. The predicted molar refractivity (Wildman–Crippen MR) is 141 cm³/mol. The Morgan fingerprint density at radius 3 is 1.68 bits per heavy atom. The van der Waals surface area contributed by atoms with Crippen molar-refractivity contribution in [1.29, 1.82) is 0 Å². The van der Waals surface area contributed by atoms with Gasteiger partial charge in [-0.25, -0.2) is 8.51 Å². The summed E-state index contributed by atoms with van der Waals surface area (Å²) in [5, 5.41) is 1.73. The van der Waals surface area contributed by atoms with Crippen LogP contribution in [0.2, 0.25) is 0 Å². The van der Waals surface area contributed by atoms with Crippen molar-refractivity contribution in [1.82, 2.24) is 4.31 Å². The lowest BCUT2D eigenvalue weighted by molar-refractivity contribution is 0.440. The van der Waals surface area contributed by atoms with Gasteiger partial charge in [-0.15, -0.1) is 0 Å². The van der Waals surface area contributed by atoms with Crippen molar-refractivity contribution in [2.75, 3.05) is 7.05 Å². The third kappa shape index (κ3) is 6.06. The van der Waals surface area contributed by atoms with Crippen LogP contribution in [0.3, 0.4) is 0 Å². The van der Waals surface area contributed by atoms with Crippen LogP contribution in [-0.4, -0.2) is 30.6 Å². The van der Waals surface area contributed by atoms with Crippen LogP contribution in [0.15, 0.2) is 48.5 Å². The normalized spacial score (nSPS) is 15.4. The second-order valence-electron chi connectivity index (χ2n) is 11.4. The maximum absolute atomic E-state index is 13.6. The Bertz CT molecular complexity index is 904. The highest BCUT2D eigenvalue weighted by molar-refractivity contribution is 7.84. The van der Waals surface area contributed by atoms with E-state index in [1.54, 1.807) is 0 Å². The number of benzene rings is 2. The van der Waals surface area contributed by atoms with Crippen molar-refractivity contribution in [2.24, 2.45) is 0 Å². The first-order valence-corrected chi connectivity index (χ1v) is 13.6. The number of nitrogens with zero attached hydrogens (tertiary/aromatic N) is 1. The van der Waals surface area contributed by atoms with Crippen LogP contribution >= 0.6 is 7.92 Å². The van der Waals surface area contributed by atoms with E-state index in [4.69, 9.17) is 0 Å². The summed E-state index contributed by atoms with van der Waals surface area (Å²) < 4.78 is 15.3. The van der Waals surface area contributed by atoms with E-state index in [0.717, 1.165) is 0 Å². The van der Waals surface area contributed by atoms with E-state index in [1.165, 1.54) is 22.0 Å². The highest BCUT2D eigenvalue weighted by atomic mass is 32.2. The van der Waals surface area contributed by atoms with E-state index in [-0.39, 0.29) is 21.1 Å². The van der Waals surface area contributed by atoms with Crippen LogP contribution in [-0.2, 0) is 11.0 Å². The molecule has 0 saturated carbocycles. The van der Waals surface area contributed by atoms with E-state index in [1.807, 2.05) is 7.05 Å². The third-order valence-corrected chi connectivity index (χ3v) is 10.8. The topological polar surface area (TPSA) is 20.3 Å². The molecule has 0 unspecified atom stereocenters. The van der Waals surface area contributed by atoms with Gasteiger partial charge in [-0.3, -0.25) is 0 Å². The Kier molecular flexibility index (Phi) is 8.00. The molecule has 0 fully saturated rings. The molecule has 0 radical (unpaired) electrons. The molecule has 2 aromatic rings. The predicted octanol–water partition coefficient (Wildman–Crippen LogP) is 7.18. The molecule has 2 rings (SSSR count). The van der Waals surface area contributed by atoms with E-state index < -0.39 is 18.9 Å². The molecule has 0 aliphatic heterocycles. The second-order valence-corrected chi connectivity index (χ2v) is 17.5. The minimum atomic E-state index is -1.14. The van der Waals surface area contributed by atoms with Crippen LogP contribution in [0.25, 0.3) is 0 Å². The summed E-state index contributed by atoms with van der Waals surface area (Å²) in [6, 6.07) is 17.4. The Hall–Kier alpha value is -1.02. The third-order valence-electron chi connectivity index (χ3n) is 5.45. The fraction of sp³-hybridized carbons (Fsp3) is 0.556. The van der Waals surface area contributed by atoms with Gasteiger partial charge in [0, 0.05) is 7.05 Å². The summed E-state index contributed by atoms with van der Waals surface area (Å²) in [5.41, 5.74) is 3.75. The molecule has 0 N–H and O–H groups in total. The molecule has 4 heteroatoms. The molecule has 0 aromatic heterocycles. The lowest BCUT2D eigenvalue weighted by Gasteiger charge is -2.44. The summed E-state index contributed by atoms with van der Waals surface area (Å²) in [6.07, 6.45) is 0. The molecular weight excluding hydrogens is 417 g/mol. The molecule has 2 nitrogen and oxygen atoms in total. The van der Waals surface area contributed by atoms with Crippen molar-refractivity contribution in [3.8, 4) is 0 Å². The molecule has 172 valence electrons. The summed E-state index contributed by atoms with van der Waals surface area (Å²) in [6.45, 7) is 22.5. The Balaban J connectivity index is 2.83. The zero-order valence-electron chi connectivity index (χ0n) is 21.4. The fourth-order valence-corrected chi connectivity index (χ4v) is 10.1. The van der Waals surface area contributed by atoms with Crippen molar-refractivity contribution in [3.05, 3.63) is 65.2 Å². The standard InChI is InChI=1S/C27H42NOPS/c1-20-16-12-13-17-21(20)24(28(11)31(29)27(8,9)10)22-18-14-15-19-23(22)30(25(2,3)4)26(5,6)7/h12-19,24H,1-11H3/t24-,31+/m0/s1. The van der Waals surface area contributed by atoms with Gasteiger partial charge in [-0.05, 0) is 60.0 Å². The van der Waals surface area contributed by atoms with E-state index in [0.29, 0.717) is 0 Å². The van der Waals surface area contributed by atoms with Gasteiger partial charge in [0.1, 0.15) is 11.0 Å². The summed E-state index contributed by atoms with van der Waals surface area (Å²) in [5.74, 6) is 0. The molecule has 0 bridgehead atoms. The van der Waals surface area contributed by atoms with Gasteiger partial charge < -0.3 is 0 Å². The molecule has 0 amide bonds. The van der Waals surface area contributed by atoms with Crippen LogP contribution in [0.4, 0.5) is 0 Å². The summed E-state index contributed by atoms with van der Waals surface area (Å²) in [7, 11) is 0.386. The van der Waals surface area contributed by atoms with Gasteiger partial charge in [0.2, 0.25) is 0 Å². The largest absolute Gasteiger partial charge is 0.242 e. The van der Waals surface area contributed by atoms with Gasteiger partial charge in [-0.1, -0.05) is 98.0 Å². The van der Waals surface area contributed by atoms with Gasteiger partial charge in [0.25, 0.3) is 0 Å². The Morgan fingerprint density at radius 1 is 0.774 bits per heavy atom. The quantitative estimate of drug-likeness (QED) is 0.434. The highest BCUT2D eigenvalue weighted by Gasteiger charge is 2.39. The zero-order valence-corrected chi connectivity index (χ0v) is 23.1. The molecule has 0 aliphatic rings. The average molecular weight is 460 g/mol. The maximum Gasteiger partial charge on any atom is 0.100 e. The first-order valence-electron chi connectivity index (χ1n) is 11.2. The Morgan fingerprint density at radius 2 is 1.23 bits per heavy atom. The van der Waals surface area contributed by atoms with Crippen LogP contribution < -0.4 is 5.30 Å². The number of aryl methyl sites for hydroxylation is 1. The Labute approximate surface area is 195 Å². The number of hydrogen-bond acceptors (Lipinski definition) is 1. The van der Waals surface area contributed by atoms with Gasteiger partial charge in [0.15, 0.2) is 0 Å². The fourth-order valence-electron chi connectivity index (χ4n) is 4.63. The first-order chi connectivity index (χ1) is 14.1. The minimum absolute atomic E-state index is 0.0628. The van der Waals surface area contributed by atoms with E-state index >= 15 is 0 Å². The van der Waals surface area contributed by atoms with Crippen molar-refractivity contribution in [2.45, 2.75) is 90.3 Å². The average Bonchev–Trinajstić information content (AvgIpc) is 2.61. The highest BCUT2D eigenvalue weighted by Crippen LogP contribution is 2.59. The minimum Gasteiger partial charge on any atom is -0.242 e.